The van der Waals surface area contributed by atoms with Gasteiger partial charge in [-0.1, -0.05) is 48.2 Å². The fourth-order valence-electron chi connectivity index (χ4n) is 2.13. The first-order chi connectivity index (χ1) is 12.0. The zero-order valence-corrected chi connectivity index (χ0v) is 16.3. The van der Waals surface area contributed by atoms with Gasteiger partial charge in [-0.05, 0) is 23.8 Å². The number of hydrogen-bond acceptors (Lipinski definition) is 6. The van der Waals surface area contributed by atoms with Crippen molar-refractivity contribution in [1.82, 2.24) is 4.90 Å². The molecule has 134 valence electrons. The Morgan fingerprint density at radius 3 is 2.80 bits per heavy atom. The van der Waals surface area contributed by atoms with E-state index in [0.29, 0.717) is 45.5 Å². The molecule has 0 saturated carbocycles. The molecule has 1 heterocycles. The van der Waals surface area contributed by atoms with Crippen molar-refractivity contribution in [3.8, 4) is 11.5 Å². The molecular weight excluding hydrogens is 382 g/mol. The van der Waals surface area contributed by atoms with E-state index in [0.717, 1.165) is 5.56 Å². The third-order valence-corrected chi connectivity index (χ3v) is 4.95. The van der Waals surface area contributed by atoms with Crippen LogP contribution in [0.15, 0.2) is 29.7 Å². The Hall–Kier alpha value is -1.54. The second-order valence-corrected chi connectivity index (χ2v) is 7.04. The average molecular weight is 400 g/mol. The molecule has 2 rings (SSSR count). The quantitative estimate of drug-likeness (QED) is 0.377. The number of thiocarbonyl (C=S) groups is 1. The number of nitrogens with zero attached hydrogens (tertiary/aromatic N) is 1. The Morgan fingerprint density at radius 1 is 1.40 bits per heavy atom. The minimum atomic E-state index is -0.144. The number of ether oxygens (including phenoxy) is 3. The highest BCUT2D eigenvalue weighted by Crippen LogP contribution is 2.39. The molecule has 0 bridgehead atoms. The Bertz CT molecular complexity index is 721. The van der Waals surface area contributed by atoms with Gasteiger partial charge in [-0.25, -0.2) is 0 Å². The van der Waals surface area contributed by atoms with Crippen molar-refractivity contribution in [1.29, 1.82) is 0 Å². The van der Waals surface area contributed by atoms with Crippen molar-refractivity contribution in [2.24, 2.45) is 0 Å². The van der Waals surface area contributed by atoms with Crippen molar-refractivity contribution >= 4 is 51.9 Å². The monoisotopic (exact) mass is 399 g/mol. The highest BCUT2D eigenvalue weighted by atomic mass is 35.5. The summed E-state index contributed by atoms with van der Waals surface area (Å²) < 4.78 is 16.4. The number of halogens is 1. The van der Waals surface area contributed by atoms with Crippen molar-refractivity contribution in [3.05, 3.63) is 40.3 Å². The van der Waals surface area contributed by atoms with Crippen LogP contribution < -0.4 is 9.47 Å². The standard InChI is InChI=1S/C17H18ClNO4S2/c1-4-6-23-15-12(18)8-11(9-13(15)22-3)10-14-16(20)19(5-7-21-2)17(24)25-14/h4,8-10H,1,5-7H2,2-3H3/b14-10-. The topological polar surface area (TPSA) is 48.0 Å². The first-order valence-electron chi connectivity index (χ1n) is 7.37. The summed E-state index contributed by atoms with van der Waals surface area (Å²) in [6.45, 7) is 4.77. The Labute approximate surface area is 161 Å². The van der Waals surface area contributed by atoms with Crippen LogP contribution in [0.25, 0.3) is 6.08 Å². The van der Waals surface area contributed by atoms with E-state index in [2.05, 4.69) is 6.58 Å². The first-order valence-corrected chi connectivity index (χ1v) is 8.97. The maximum Gasteiger partial charge on any atom is 0.266 e. The van der Waals surface area contributed by atoms with Crippen LogP contribution in [0.3, 0.4) is 0 Å². The SMILES string of the molecule is C=CCOc1c(Cl)cc(/C=C2\SC(=S)N(CCOC)C2=O)cc1OC. The molecule has 1 aromatic carbocycles. The number of benzene rings is 1. The van der Waals surface area contributed by atoms with Crippen LogP contribution in [-0.4, -0.2) is 49.1 Å². The molecule has 5 nitrogen and oxygen atoms in total. The largest absolute Gasteiger partial charge is 0.493 e. The Kier molecular flexibility index (Phi) is 7.31. The summed E-state index contributed by atoms with van der Waals surface area (Å²) >= 11 is 12.8. The summed E-state index contributed by atoms with van der Waals surface area (Å²) in [5.74, 6) is 0.776. The Balaban J connectivity index is 2.28. The first kappa shape index (κ1) is 19.8. The third-order valence-electron chi connectivity index (χ3n) is 3.29. The maximum absolute atomic E-state index is 12.5. The van der Waals surface area contributed by atoms with Crippen molar-refractivity contribution < 1.29 is 19.0 Å². The maximum atomic E-state index is 12.5. The molecule has 1 aliphatic heterocycles. The Morgan fingerprint density at radius 2 is 2.16 bits per heavy atom. The van der Waals surface area contributed by atoms with Gasteiger partial charge in [0.2, 0.25) is 0 Å². The van der Waals surface area contributed by atoms with Crippen molar-refractivity contribution in [3.63, 3.8) is 0 Å². The van der Waals surface area contributed by atoms with Gasteiger partial charge in [-0.2, -0.15) is 0 Å². The van der Waals surface area contributed by atoms with E-state index in [1.807, 2.05) is 0 Å². The van der Waals surface area contributed by atoms with Crippen LogP contribution in [0.5, 0.6) is 11.5 Å². The van der Waals surface area contributed by atoms with Crippen LogP contribution in [0.1, 0.15) is 5.56 Å². The predicted molar refractivity (Wildman–Crippen MR) is 105 cm³/mol. The van der Waals surface area contributed by atoms with Crippen LogP contribution in [0.4, 0.5) is 0 Å². The van der Waals surface area contributed by atoms with E-state index in [1.54, 1.807) is 31.4 Å². The zero-order chi connectivity index (χ0) is 18.4. The van der Waals surface area contributed by atoms with E-state index in [-0.39, 0.29) is 5.91 Å². The summed E-state index contributed by atoms with van der Waals surface area (Å²) in [6.07, 6.45) is 3.35. The fraction of sp³-hybridized carbons (Fsp3) is 0.294. The number of amides is 1. The average Bonchev–Trinajstić information content (AvgIpc) is 2.85. The molecule has 1 aromatic rings. The van der Waals surface area contributed by atoms with E-state index in [1.165, 1.54) is 23.8 Å². The summed E-state index contributed by atoms with van der Waals surface area (Å²) in [6, 6.07) is 3.47. The van der Waals surface area contributed by atoms with Gasteiger partial charge >= 0.3 is 0 Å². The molecule has 0 radical (unpaired) electrons. The molecule has 8 heteroatoms. The summed E-state index contributed by atoms with van der Waals surface area (Å²) in [7, 11) is 3.11. The normalized spacial score (nSPS) is 15.8. The molecular formula is C17H18ClNO4S2. The molecule has 1 aliphatic rings. The van der Waals surface area contributed by atoms with Crippen molar-refractivity contribution in [2.45, 2.75) is 0 Å². The summed E-state index contributed by atoms with van der Waals surface area (Å²) in [5, 5.41) is 0.391. The number of hydrogen-bond donors (Lipinski definition) is 0. The molecule has 0 aliphatic carbocycles. The van der Waals surface area contributed by atoms with Crippen LogP contribution in [0.2, 0.25) is 5.02 Å². The number of methoxy groups -OCH3 is 2. The lowest BCUT2D eigenvalue weighted by molar-refractivity contribution is -0.122. The molecule has 25 heavy (non-hydrogen) atoms. The molecule has 0 atom stereocenters. The number of carbonyl (C=O) groups is 1. The third kappa shape index (κ3) is 4.76. The van der Waals surface area contributed by atoms with Crippen LogP contribution >= 0.6 is 35.6 Å². The highest BCUT2D eigenvalue weighted by Gasteiger charge is 2.31. The smallest absolute Gasteiger partial charge is 0.266 e. The molecule has 1 fully saturated rings. The zero-order valence-electron chi connectivity index (χ0n) is 13.9. The van der Waals surface area contributed by atoms with E-state index in [9.17, 15) is 4.79 Å². The summed E-state index contributed by atoms with van der Waals surface area (Å²) in [5.41, 5.74) is 0.722. The molecule has 1 amide bonds. The van der Waals surface area contributed by atoms with Gasteiger partial charge in [0.1, 0.15) is 10.9 Å². The van der Waals surface area contributed by atoms with E-state index in [4.69, 9.17) is 38.0 Å². The molecule has 1 saturated heterocycles. The molecule has 0 aromatic heterocycles. The lowest BCUT2D eigenvalue weighted by atomic mass is 10.1. The minimum absolute atomic E-state index is 0.144. The summed E-state index contributed by atoms with van der Waals surface area (Å²) in [4.78, 5) is 14.5. The van der Waals surface area contributed by atoms with E-state index >= 15 is 0 Å². The van der Waals surface area contributed by atoms with Crippen LogP contribution in [-0.2, 0) is 9.53 Å². The number of rotatable bonds is 8. The molecule has 0 unspecified atom stereocenters. The van der Waals surface area contributed by atoms with Crippen LogP contribution in [0, 0.1) is 0 Å². The highest BCUT2D eigenvalue weighted by molar-refractivity contribution is 8.26. The molecule has 0 N–H and O–H groups in total. The number of thioether (sulfide) groups is 1. The minimum Gasteiger partial charge on any atom is -0.493 e. The van der Waals surface area contributed by atoms with Gasteiger partial charge in [0.15, 0.2) is 11.5 Å². The van der Waals surface area contributed by atoms with Gasteiger partial charge in [-0.3, -0.25) is 9.69 Å². The lowest BCUT2D eigenvalue weighted by Crippen LogP contribution is -2.31. The van der Waals surface area contributed by atoms with Gasteiger partial charge in [0, 0.05) is 7.11 Å². The van der Waals surface area contributed by atoms with Crippen molar-refractivity contribution in [2.75, 3.05) is 34.0 Å². The van der Waals surface area contributed by atoms with Gasteiger partial charge < -0.3 is 14.2 Å². The lowest BCUT2D eigenvalue weighted by Gasteiger charge is -2.13. The van der Waals surface area contributed by atoms with E-state index < -0.39 is 0 Å². The van der Waals surface area contributed by atoms with Gasteiger partial charge in [0.25, 0.3) is 5.91 Å². The second kappa shape index (κ2) is 9.24. The predicted octanol–water partition coefficient (Wildman–Crippen LogP) is 3.76. The fourth-order valence-corrected chi connectivity index (χ4v) is 3.71. The van der Waals surface area contributed by atoms with Gasteiger partial charge in [-0.15, -0.1) is 0 Å². The second-order valence-electron chi connectivity index (χ2n) is 4.96. The molecule has 0 spiro atoms. The van der Waals surface area contributed by atoms with Gasteiger partial charge in [0.05, 0.1) is 30.2 Å². The number of carbonyl (C=O) groups excluding carboxylic acids is 1.